The molecule has 114 valence electrons. The van der Waals surface area contributed by atoms with E-state index in [1.165, 1.54) is 12.8 Å². The molecule has 0 atom stereocenters. The fourth-order valence-electron chi connectivity index (χ4n) is 2.93. The maximum absolute atomic E-state index is 9.74. The highest BCUT2D eigenvalue weighted by atomic mass is 16.5. The number of rotatable bonds is 5. The van der Waals surface area contributed by atoms with Crippen LogP contribution in [0.15, 0.2) is 0 Å². The van der Waals surface area contributed by atoms with Gasteiger partial charge in [0.05, 0.1) is 17.8 Å². The predicted octanol–water partition coefficient (Wildman–Crippen LogP) is 3.10. The molecule has 0 unspecified atom stereocenters. The van der Waals surface area contributed by atoms with Crippen molar-refractivity contribution in [3.63, 3.8) is 0 Å². The van der Waals surface area contributed by atoms with Gasteiger partial charge in [0, 0.05) is 6.54 Å². The van der Waals surface area contributed by atoms with Crippen molar-refractivity contribution in [2.24, 2.45) is 17.1 Å². The predicted molar refractivity (Wildman–Crippen MR) is 80.1 cm³/mol. The standard InChI is InChI=1S/C16H33NO2/c1-14(2,3)13-6-8-16(12-17,9-7-13)19-11-10-15(4,5)18/h13,18H,6-12,17H2,1-5H3. The third-order valence-electron chi connectivity index (χ3n) is 4.62. The number of ether oxygens (including phenoxy) is 1. The van der Waals surface area contributed by atoms with E-state index in [1.54, 1.807) is 0 Å². The van der Waals surface area contributed by atoms with Gasteiger partial charge in [0.25, 0.3) is 0 Å². The van der Waals surface area contributed by atoms with Gasteiger partial charge >= 0.3 is 0 Å². The quantitative estimate of drug-likeness (QED) is 0.808. The first-order valence-electron chi connectivity index (χ1n) is 7.64. The highest BCUT2D eigenvalue weighted by molar-refractivity contribution is 4.91. The first kappa shape index (κ1) is 16.9. The van der Waals surface area contributed by atoms with E-state index < -0.39 is 5.60 Å². The fraction of sp³-hybridized carbons (Fsp3) is 1.00. The summed E-state index contributed by atoms with van der Waals surface area (Å²) in [6.45, 7) is 11.8. The number of aliphatic hydroxyl groups is 1. The van der Waals surface area contributed by atoms with Crippen LogP contribution in [0.3, 0.4) is 0 Å². The summed E-state index contributed by atoms with van der Waals surface area (Å²) in [5.41, 5.74) is 5.54. The van der Waals surface area contributed by atoms with Crippen LogP contribution in [0.4, 0.5) is 0 Å². The van der Waals surface area contributed by atoms with Gasteiger partial charge < -0.3 is 15.6 Å². The Bertz CT molecular complexity index is 262. The van der Waals surface area contributed by atoms with Crippen molar-refractivity contribution in [3.8, 4) is 0 Å². The molecule has 0 aliphatic heterocycles. The molecule has 0 saturated heterocycles. The van der Waals surface area contributed by atoms with Crippen molar-refractivity contribution in [2.45, 2.75) is 77.9 Å². The molecular formula is C16H33NO2. The maximum Gasteiger partial charge on any atom is 0.0804 e. The van der Waals surface area contributed by atoms with Crippen LogP contribution in [0.2, 0.25) is 0 Å². The Morgan fingerprint density at radius 1 is 1.16 bits per heavy atom. The molecule has 1 fully saturated rings. The van der Waals surface area contributed by atoms with Gasteiger partial charge in [-0.05, 0) is 57.3 Å². The van der Waals surface area contributed by atoms with E-state index in [-0.39, 0.29) is 5.60 Å². The van der Waals surface area contributed by atoms with Gasteiger partial charge in [-0.15, -0.1) is 0 Å². The molecule has 0 radical (unpaired) electrons. The van der Waals surface area contributed by atoms with Crippen molar-refractivity contribution in [2.75, 3.05) is 13.2 Å². The first-order chi connectivity index (χ1) is 8.58. The molecule has 19 heavy (non-hydrogen) atoms. The second kappa shape index (κ2) is 6.11. The van der Waals surface area contributed by atoms with Crippen LogP contribution < -0.4 is 5.73 Å². The van der Waals surface area contributed by atoms with Gasteiger partial charge in [-0.2, -0.15) is 0 Å². The molecule has 3 N–H and O–H groups in total. The summed E-state index contributed by atoms with van der Waals surface area (Å²) in [6.07, 6.45) is 5.17. The van der Waals surface area contributed by atoms with Gasteiger partial charge in [0.15, 0.2) is 0 Å². The average molecular weight is 271 g/mol. The van der Waals surface area contributed by atoms with Crippen LogP contribution in [0.1, 0.15) is 66.7 Å². The van der Waals surface area contributed by atoms with Gasteiger partial charge in [-0.1, -0.05) is 20.8 Å². The smallest absolute Gasteiger partial charge is 0.0804 e. The average Bonchev–Trinajstić information content (AvgIpc) is 2.26. The van der Waals surface area contributed by atoms with Gasteiger partial charge in [0.2, 0.25) is 0 Å². The molecule has 0 aromatic carbocycles. The normalized spacial score (nSPS) is 29.5. The molecule has 0 heterocycles. The topological polar surface area (TPSA) is 55.5 Å². The fourth-order valence-corrected chi connectivity index (χ4v) is 2.93. The van der Waals surface area contributed by atoms with Gasteiger partial charge in [-0.3, -0.25) is 0 Å². The molecule has 1 rings (SSSR count). The molecule has 3 heteroatoms. The van der Waals surface area contributed by atoms with E-state index in [0.29, 0.717) is 25.0 Å². The lowest BCUT2D eigenvalue weighted by Gasteiger charge is -2.43. The summed E-state index contributed by atoms with van der Waals surface area (Å²) in [5.74, 6) is 0.769. The Balaban J connectivity index is 2.47. The van der Waals surface area contributed by atoms with Gasteiger partial charge in [-0.25, -0.2) is 0 Å². The molecule has 0 aromatic rings. The summed E-state index contributed by atoms with van der Waals surface area (Å²) in [4.78, 5) is 0. The van der Waals surface area contributed by atoms with Crippen molar-refractivity contribution < 1.29 is 9.84 Å². The molecule has 0 spiro atoms. The zero-order chi connectivity index (χ0) is 14.7. The van der Waals surface area contributed by atoms with E-state index in [9.17, 15) is 5.11 Å². The third kappa shape index (κ3) is 5.41. The third-order valence-corrected chi connectivity index (χ3v) is 4.62. The van der Waals surface area contributed by atoms with E-state index in [4.69, 9.17) is 10.5 Å². The van der Waals surface area contributed by atoms with Gasteiger partial charge in [0.1, 0.15) is 0 Å². The van der Waals surface area contributed by atoms with E-state index >= 15 is 0 Å². The second-order valence-corrected chi connectivity index (χ2v) is 7.94. The Hall–Kier alpha value is -0.120. The molecule has 1 saturated carbocycles. The lowest BCUT2D eigenvalue weighted by Crippen LogP contribution is -2.46. The number of nitrogens with two attached hydrogens (primary N) is 1. The first-order valence-corrected chi connectivity index (χ1v) is 7.64. The minimum absolute atomic E-state index is 0.146. The van der Waals surface area contributed by atoms with Crippen molar-refractivity contribution in [1.29, 1.82) is 0 Å². The highest BCUT2D eigenvalue weighted by Crippen LogP contribution is 2.42. The highest BCUT2D eigenvalue weighted by Gasteiger charge is 2.38. The molecule has 0 bridgehead atoms. The zero-order valence-electron chi connectivity index (χ0n) is 13.5. The zero-order valence-corrected chi connectivity index (χ0v) is 13.5. The largest absolute Gasteiger partial charge is 0.390 e. The van der Waals surface area contributed by atoms with Crippen molar-refractivity contribution in [3.05, 3.63) is 0 Å². The van der Waals surface area contributed by atoms with E-state index in [0.717, 1.165) is 18.8 Å². The van der Waals surface area contributed by atoms with E-state index in [1.807, 2.05) is 13.8 Å². The summed E-state index contributed by atoms with van der Waals surface area (Å²) >= 11 is 0. The van der Waals surface area contributed by atoms with Crippen LogP contribution in [-0.2, 0) is 4.74 Å². The minimum Gasteiger partial charge on any atom is -0.390 e. The van der Waals surface area contributed by atoms with E-state index in [2.05, 4.69) is 20.8 Å². The molecule has 0 amide bonds. The lowest BCUT2D eigenvalue weighted by molar-refractivity contribution is -0.0935. The second-order valence-electron chi connectivity index (χ2n) is 7.94. The summed E-state index contributed by atoms with van der Waals surface area (Å²) < 4.78 is 6.07. The summed E-state index contributed by atoms with van der Waals surface area (Å²) in [6, 6.07) is 0. The summed E-state index contributed by atoms with van der Waals surface area (Å²) in [5, 5.41) is 9.74. The molecule has 1 aliphatic carbocycles. The van der Waals surface area contributed by atoms with Crippen LogP contribution in [0, 0.1) is 11.3 Å². The Morgan fingerprint density at radius 2 is 1.68 bits per heavy atom. The molecular weight excluding hydrogens is 238 g/mol. The number of hydrogen-bond donors (Lipinski definition) is 2. The van der Waals surface area contributed by atoms with Crippen LogP contribution in [-0.4, -0.2) is 29.5 Å². The SMILES string of the molecule is CC(C)(O)CCOC1(CN)CCC(C(C)(C)C)CC1. The van der Waals surface area contributed by atoms with Crippen LogP contribution in [0.5, 0.6) is 0 Å². The van der Waals surface area contributed by atoms with Crippen LogP contribution >= 0.6 is 0 Å². The van der Waals surface area contributed by atoms with Crippen molar-refractivity contribution >= 4 is 0 Å². The Labute approximate surface area is 118 Å². The Morgan fingerprint density at radius 3 is 2.05 bits per heavy atom. The number of hydrogen-bond acceptors (Lipinski definition) is 3. The molecule has 3 nitrogen and oxygen atoms in total. The summed E-state index contributed by atoms with van der Waals surface area (Å²) in [7, 11) is 0. The monoisotopic (exact) mass is 271 g/mol. The molecule has 0 aromatic heterocycles. The Kier molecular flexibility index (Phi) is 5.44. The molecule has 1 aliphatic rings. The van der Waals surface area contributed by atoms with Crippen LogP contribution in [0.25, 0.3) is 0 Å². The maximum atomic E-state index is 9.74. The minimum atomic E-state index is -0.654. The van der Waals surface area contributed by atoms with Crippen molar-refractivity contribution in [1.82, 2.24) is 0 Å². The lowest BCUT2D eigenvalue weighted by atomic mass is 9.68.